The van der Waals surface area contributed by atoms with E-state index < -0.39 is 22.7 Å². The summed E-state index contributed by atoms with van der Waals surface area (Å²) < 4.78 is 29.1. The molecule has 0 saturated heterocycles. The molecule has 0 amide bonds. The van der Waals surface area contributed by atoms with Crippen LogP contribution in [-0.4, -0.2) is 40.5 Å². The first-order valence-corrected chi connectivity index (χ1v) is 12.2. The van der Waals surface area contributed by atoms with Crippen LogP contribution in [0.3, 0.4) is 0 Å². The van der Waals surface area contributed by atoms with Gasteiger partial charge in [0.25, 0.3) is 0 Å². The zero-order valence-electron chi connectivity index (χ0n) is 21.6. The van der Waals surface area contributed by atoms with E-state index in [1.165, 1.54) is 18.2 Å². The van der Waals surface area contributed by atoms with Gasteiger partial charge in [0, 0.05) is 6.20 Å². The highest BCUT2D eigenvalue weighted by atomic mass is 19.1. The minimum Gasteiger partial charge on any atom is -0.382 e. The van der Waals surface area contributed by atoms with Crippen LogP contribution < -0.4 is 0 Å². The maximum atomic E-state index is 14.6. The molecule has 192 valence electrons. The molecular weight excluding hydrogens is 476 g/mol. The monoisotopic (exact) mass is 505 g/mol. The number of rotatable bonds is 5. The molecule has 8 nitrogen and oxygen atoms in total. The molecule has 1 aliphatic rings. The first-order valence-electron chi connectivity index (χ1n) is 12.2. The number of nitrogens with zero attached hydrogens (tertiary/aromatic N) is 6. The summed E-state index contributed by atoms with van der Waals surface area (Å²) in [4.78, 5) is 12.2. The number of fused-ring (bicyclic) bond motifs is 1. The number of hydrogen-bond acceptors (Lipinski definition) is 7. The van der Waals surface area contributed by atoms with Crippen LogP contribution in [-0.2, 0) is 11.0 Å². The van der Waals surface area contributed by atoms with Crippen molar-refractivity contribution < 1.29 is 13.9 Å². The van der Waals surface area contributed by atoms with Crippen LogP contribution in [0.5, 0.6) is 0 Å². The number of H-pyrrole nitrogens is 1. The summed E-state index contributed by atoms with van der Waals surface area (Å²) in [7, 11) is 0. The van der Waals surface area contributed by atoms with Gasteiger partial charge in [0.05, 0.1) is 28.1 Å². The Morgan fingerprint density at radius 1 is 1.03 bits per heavy atom. The van der Waals surface area contributed by atoms with Crippen LogP contribution in [0.15, 0.2) is 36.5 Å². The lowest BCUT2D eigenvalue weighted by Gasteiger charge is -2.41. The fraction of sp³-hybridized carbons (Fsp3) is 0.407. The highest BCUT2D eigenvalue weighted by Gasteiger charge is 2.57. The number of nitrogens with one attached hydrogen (secondary N) is 1. The van der Waals surface area contributed by atoms with Crippen LogP contribution in [0.4, 0.5) is 8.78 Å². The van der Waals surface area contributed by atoms with Crippen molar-refractivity contribution in [2.45, 2.75) is 64.9 Å². The van der Waals surface area contributed by atoms with Crippen molar-refractivity contribution in [1.82, 2.24) is 35.3 Å². The molecule has 0 radical (unpaired) electrons. The van der Waals surface area contributed by atoms with Gasteiger partial charge in [-0.1, -0.05) is 26.8 Å². The molecule has 0 spiro atoms. The maximum absolute atomic E-state index is 14.6. The Morgan fingerprint density at radius 3 is 2.35 bits per heavy atom. The van der Waals surface area contributed by atoms with E-state index in [1.807, 2.05) is 6.07 Å². The third kappa shape index (κ3) is 3.73. The highest BCUT2D eigenvalue weighted by molar-refractivity contribution is 5.63. The maximum Gasteiger partial charge on any atom is 0.199 e. The Balaban J connectivity index is 1.66. The molecule has 2 atom stereocenters. The normalized spacial score (nSPS) is 20.7. The van der Waals surface area contributed by atoms with Gasteiger partial charge < -0.3 is 10.1 Å². The van der Waals surface area contributed by atoms with Gasteiger partial charge in [0.15, 0.2) is 17.5 Å². The van der Waals surface area contributed by atoms with Crippen molar-refractivity contribution in [3.05, 3.63) is 70.9 Å². The summed E-state index contributed by atoms with van der Waals surface area (Å²) >= 11 is 0. The van der Waals surface area contributed by atoms with E-state index in [-0.39, 0.29) is 22.6 Å². The molecule has 1 aromatic carbocycles. The minimum atomic E-state index is -1.19. The van der Waals surface area contributed by atoms with Crippen LogP contribution >= 0.6 is 0 Å². The lowest BCUT2D eigenvalue weighted by molar-refractivity contribution is 0.0692. The Hall–Kier alpha value is -3.66. The van der Waals surface area contributed by atoms with E-state index in [4.69, 9.17) is 4.98 Å². The molecule has 10 heteroatoms. The van der Waals surface area contributed by atoms with Crippen molar-refractivity contribution in [2.24, 2.45) is 5.41 Å². The molecule has 0 saturated carbocycles. The van der Waals surface area contributed by atoms with Crippen LogP contribution in [0.1, 0.15) is 76.7 Å². The number of benzene rings is 1. The van der Waals surface area contributed by atoms with Gasteiger partial charge in [-0.15, -0.1) is 15.3 Å². The molecule has 37 heavy (non-hydrogen) atoms. The third-order valence-electron chi connectivity index (χ3n) is 7.91. The van der Waals surface area contributed by atoms with Crippen molar-refractivity contribution in [1.29, 1.82) is 0 Å². The summed E-state index contributed by atoms with van der Waals surface area (Å²) in [6.07, 6.45) is 2.44. The van der Waals surface area contributed by atoms with E-state index in [0.29, 0.717) is 28.9 Å². The standard InChI is InChI=1S/C27H29F2N7O/c1-7-15-14-13-18(20-16(28)9-8-10-17(20)29)33-34-21(14)27(6,25(15,2)3)19-11-12-30-22(31-19)23-32-24(36-35-23)26(4,5)37/h8-13,15,37H,7H2,1-6H3,(H,32,35,36)/t15-,27-/m0/s1. The fourth-order valence-electron chi connectivity index (χ4n) is 5.54. The molecule has 4 aromatic rings. The molecule has 0 unspecified atom stereocenters. The summed E-state index contributed by atoms with van der Waals surface area (Å²) in [5.41, 5.74) is 0.0280. The first kappa shape index (κ1) is 25.0. The van der Waals surface area contributed by atoms with Crippen LogP contribution in [0, 0.1) is 17.0 Å². The van der Waals surface area contributed by atoms with Crippen LogP contribution in [0.2, 0.25) is 0 Å². The van der Waals surface area contributed by atoms with Gasteiger partial charge in [-0.2, -0.15) is 5.10 Å². The minimum absolute atomic E-state index is 0.0297. The number of aromatic nitrogens is 7. The number of hydrogen-bond donors (Lipinski definition) is 2. The van der Waals surface area contributed by atoms with Gasteiger partial charge in [-0.3, -0.25) is 0 Å². The fourth-order valence-corrected chi connectivity index (χ4v) is 5.54. The largest absolute Gasteiger partial charge is 0.382 e. The number of aliphatic hydroxyl groups is 1. The average molecular weight is 506 g/mol. The zero-order chi connectivity index (χ0) is 26.8. The summed E-state index contributed by atoms with van der Waals surface area (Å²) in [6, 6.07) is 7.36. The SMILES string of the molecule is CC[C@H]1c2cc(-c3c(F)cccc3F)nnc2[C@](C)(c2ccnc(-c3nnc(C(C)(C)O)[nH]3)n2)C1(C)C. The lowest BCUT2D eigenvalue weighted by Crippen LogP contribution is -2.40. The Kier molecular flexibility index (Phi) is 5.71. The van der Waals surface area contributed by atoms with E-state index in [1.54, 1.807) is 26.1 Å². The molecule has 0 bridgehead atoms. The molecular formula is C27H29F2N7O. The molecule has 3 heterocycles. The van der Waals surface area contributed by atoms with Crippen molar-refractivity contribution in [3.63, 3.8) is 0 Å². The molecule has 2 N–H and O–H groups in total. The van der Waals surface area contributed by atoms with Gasteiger partial charge in [0.2, 0.25) is 0 Å². The smallest absolute Gasteiger partial charge is 0.199 e. The molecule has 1 aliphatic carbocycles. The van der Waals surface area contributed by atoms with E-state index in [2.05, 4.69) is 58.1 Å². The topological polar surface area (TPSA) is 113 Å². The predicted molar refractivity (Wildman–Crippen MR) is 133 cm³/mol. The van der Waals surface area contributed by atoms with Gasteiger partial charge >= 0.3 is 0 Å². The number of aromatic amines is 1. The van der Waals surface area contributed by atoms with Crippen molar-refractivity contribution in [3.8, 4) is 22.9 Å². The quantitative estimate of drug-likeness (QED) is 0.390. The van der Waals surface area contributed by atoms with Gasteiger partial charge in [0.1, 0.15) is 17.2 Å². The zero-order valence-corrected chi connectivity index (χ0v) is 21.6. The molecule has 0 fully saturated rings. The van der Waals surface area contributed by atoms with Gasteiger partial charge in [-0.25, -0.2) is 18.7 Å². The third-order valence-corrected chi connectivity index (χ3v) is 7.91. The Morgan fingerprint density at radius 2 is 1.73 bits per heavy atom. The summed E-state index contributed by atoms with van der Waals surface area (Å²) in [5.74, 6) is -0.360. The van der Waals surface area contributed by atoms with Crippen LogP contribution in [0.25, 0.3) is 22.9 Å². The summed E-state index contributed by atoms with van der Waals surface area (Å²) in [5, 5.41) is 27.3. The molecule has 3 aromatic heterocycles. The second-order valence-corrected chi connectivity index (χ2v) is 10.8. The second kappa shape index (κ2) is 8.44. The average Bonchev–Trinajstić information content (AvgIpc) is 3.40. The Bertz CT molecular complexity index is 1470. The molecule has 0 aliphatic heterocycles. The first-order chi connectivity index (χ1) is 17.4. The Labute approximate surface area is 213 Å². The predicted octanol–water partition coefficient (Wildman–Crippen LogP) is 5.06. The van der Waals surface area contributed by atoms with E-state index >= 15 is 0 Å². The van der Waals surface area contributed by atoms with E-state index in [0.717, 1.165) is 12.0 Å². The lowest BCUT2D eigenvalue weighted by atomic mass is 9.62. The highest BCUT2D eigenvalue weighted by Crippen LogP contribution is 2.61. The number of halogens is 2. The van der Waals surface area contributed by atoms with Crippen molar-refractivity contribution in [2.75, 3.05) is 0 Å². The van der Waals surface area contributed by atoms with E-state index in [9.17, 15) is 13.9 Å². The van der Waals surface area contributed by atoms with Crippen molar-refractivity contribution >= 4 is 0 Å². The second-order valence-electron chi connectivity index (χ2n) is 10.8. The summed E-state index contributed by atoms with van der Waals surface area (Å²) in [6.45, 7) is 11.7. The molecule has 5 rings (SSSR count). The van der Waals surface area contributed by atoms with Gasteiger partial charge in [-0.05, 0) is 68.4 Å².